The molecule has 1 N–H and O–H groups in total. The van der Waals surface area contributed by atoms with E-state index in [-0.39, 0.29) is 34.4 Å². The fourth-order valence-corrected chi connectivity index (χ4v) is 5.30. The average Bonchev–Trinajstić information content (AvgIpc) is 3.33. The molecule has 0 spiro atoms. The third-order valence-corrected chi connectivity index (χ3v) is 7.17. The van der Waals surface area contributed by atoms with Crippen molar-refractivity contribution in [2.75, 3.05) is 50.7 Å². The van der Waals surface area contributed by atoms with Gasteiger partial charge in [-0.3, -0.25) is 24.6 Å². The summed E-state index contributed by atoms with van der Waals surface area (Å²) in [4.78, 5) is 43.2. The number of benzene rings is 1. The quantitative estimate of drug-likeness (QED) is 0.497. The molecule has 2 saturated heterocycles. The van der Waals surface area contributed by atoms with Gasteiger partial charge in [-0.2, -0.15) is 0 Å². The first-order valence-electron chi connectivity index (χ1n) is 12.1. The number of non-ortho nitro benzene ring substituents is 1. The summed E-state index contributed by atoms with van der Waals surface area (Å²) in [6, 6.07) is 4.92. The highest BCUT2D eigenvalue weighted by atomic mass is 16.6. The van der Waals surface area contributed by atoms with Crippen molar-refractivity contribution in [1.29, 1.82) is 0 Å². The summed E-state index contributed by atoms with van der Waals surface area (Å²) < 4.78 is 0. The topological polar surface area (TPSA) is 99.0 Å². The lowest BCUT2D eigenvalue weighted by Gasteiger charge is -2.49. The number of nitro benzene ring substituents is 1. The molecule has 0 unspecified atom stereocenters. The Morgan fingerprint density at radius 2 is 1.94 bits per heavy atom. The van der Waals surface area contributed by atoms with E-state index in [1.807, 2.05) is 11.0 Å². The second-order valence-corrected chi connectivity index (χ2v) is 9.94. The second-order valence-electron chi connectivity index (χ2n) is 9.94. The zero-order valence-corrected chi connectivity index (χ0v) is 19.7. The zero-order chi connectivity index (χ0) is 23.5. The molecule has 33 heavy (non-hydrogen) atoms. The summed E-state index contributed by atoms with van der Waals surface area (Å²) in [7, 11) is 0. The number of fused-ring (bicyclic) bond motifs is 3. The number of anilines is 1. The highest BCUT2D eigenvalue weighted by Gasteiger charge is 2.42. The third kappa shape index (κ3) is 5.29. The van der Waals surface area contributed by atoms with Crippen molar-refractivity contribution in [2.45, 2.75) is 45.6 Å². The van der Waals surface area contributed by atoms with E-state index in [4.69, 9.17) is 0 Å². The molecule has 9 heteroatoms. The van der Waals surface area contributed by atoms with Gasteiger partial charge in [0.15, 0.2) is 0 Å². The van der Waals surface area contributed by atoms with Crippen molar-refractivity contribution in [3.63, 3.8) is 0 Å². The number of hydrogen-bond donors (Lipinski definition) is 1. The van der Waals surface area contributed by atoms with Crippen LogP contribution in [-0.2, 0) is 16.0 Å². The van der Waals surface area contributed by atoms with Gasteiger partial charge in [0.2, 0.25) is 11.8 Å². The Kier molecular flexibility index (Phi) is 7.17. The summed E-state index contributed by atoms with van der Waals surface area (Å²) in [6.07, 6.45) is 3.53. The molecule has 0 radical (unpaired) electrons. The molecule has 1 aromatic rings. The van der Waals surface area contributed by atoms with E-state index in [1.165, 1.54) is 0 Å². The number of piperazine rings is 1. The minimum absolute atomic E-state index is 0.00414. The maximum absolute atomic E-state index is 13.2. The van der Waals surface area contributed by atoms with Crippen molar-refractivity contribution in [3.8, 4) is 0 Å². The van der Waals surface area contributed by atoms with Crippen LogP contribution in [0.15, 0.2) is 18.2 Å². The van der Waals surface area contributed by atoms with Gasteiger partial charge in [0.25, 0.3) is 5.69 Å². The highest BCUT2D eigenvalue weighted by molar-refractivity contribution is 5.82. The second kappa shape index (κ2) is 10.1. The fourth-order valence-electron chi connectivity index (χ4n) is 5.30. The van der Waals surface area contributed by atoms with Crippen LogP contribution in [0.5, 0.6) is 0 Å². The minimum Gasteiger partial charge on any atom is -0.365 e. The Bertz CT molecular complexity index is 899. The van der Waals surface area contributed by atoms with Gasteiger partial charge in [-0.05, 0) is 43.2 Å². The largest absolute Gasteiger partial charge is 0.365 e. The summed E-state index contributed by atoms with van der Waals surface area (Å²) in [5.41, 5.74) is 1.88. The molecule has 2 fully saturated rings. The number of amides is 2. The average molecular weight is 458 g/mol. The number of hydrogen-bond acceptors (Lipinski definition) is 6. The molecular formula is C24H35N5O4. The molecule has 9 nitrogen and oxygen atoms in total. The normalized spacial score (nSPS) is 22.8. The molecule has 3 aliphatic rings. The fraction of sp³-hybridized carbons (Fsp3) is 0.667. The monoisotopic (exact) mass is 457 g/mol. The van der Waals surface area contributed by atoms with Gasteiger partial charge in [-0.15, -0.1) is 0 Å². The Labute approximate surface area is 195 Å². The number of nitro groups is 1. The van der Waals surface area contributed by atoms with Gasteiger partial charge in [-0.25, -0.2) is 0 Å². The first-order chi connectivity index (χ1) is 15.8. The van der Waals surface area contributed by atoms with Crippen LogP contribution in [0.2, 0.25) is 0 Å². The maximum atomic E-state index is 13.2. The molecule has 3 aliphatic heterocycles. The standard InChI is InChI=1S/C24H35N5O4/c1-17(2)7-8-25-24(31)20-14-18-13-19(29(32)33)5-6-21(18)28-12-11-26(15-22(20)28)16-23(30)27-9-3-4-10-27/h5-6,13,17,20,22H,3-4,7-12,14-16H2,1-2H3,(H,25,31)/t20-,22+/m1/s1. The number of carbonyl (C=O) groups excluding carboxylic acids is 2. The molecule has 0 aliphatic carbocycles. The van der Waals surface area contributed by atoms with Crippen LogP contribution in [0.1, 0.15) is 38.7 Å². The molecular weight excluding hydrogens is 422 g/mol. The number of nitrogens with one attached hydrogen (secondary N) is 1. The predicted molar refractivity (Wildman–Crippen MR) is 126 cm³/mol. The van der Waals surface area contributed by atoms with Gasteiger partial charge in [-0.1, -0.05) is 13.8 Å². The third-order valence-electron chi connectivity index (χ3n) is 7.17. The van der Waals surface area contributed by atoms with Crippen LogP contribution in [0.25, 0.3) is 0 Å². The maximum Gasteiger partial charge on any atom is 0.269 e. The van der Waals surface area contributed by atoms with Crippen molar-refractivity contribution in [1.82, 2.24) is 15.1 Å². The lowest BCUT2D eigenvalue weighted by molar-refractivity contribution is -0.384. The lowest BCUT2D eigenvalue weighted by atomic mass is 9.83. The van der Waals surface area contributed by atoms with Gasteiger partial charge in [0, 0.05) is 57.1 Å². The first kappa shape index (κ1) is 23.5. The SMILES string of the molecule is CC(C)CCNC(=O)[C@@H]1Cc2cc([N+](=O)[O-])ccc2N2CCN(CC(=O)N3CCCC3)C[C@@H]12. The van der Waals surface area contributed by atoms with Gasteiger partial charge >= 0.3 is 0 Å². The zero-order valence-electron chi connectivity index (χ0n) is 19.7. The minimum atomic E-state index is -0.383. The van der Waals surface area contributed by atoms with Crippen LogP contribution in [0, 0.1) is 22.0 Å². The lowest BCUT2D eigenvalue weighted by Crippen LogP contribution is -2.62. The number of carbonyl (C=O) groups is 2. The van der Waals surface area contributed by atoms with Crippen molar-refractivity contribution in [3.05, 3.63) is 33.9 Å². The van der Waals surface area contributed by atoms with E-state index in [0.717, 1.165) is 50.1 Å². The van der Waals surface area contributed by atoms with Gasteiger partial charge in [0.1, 0.15) is 0 Å². The highest BCUT2D eigenvalue weighted by Crippen LogP contribution is 2.38. The van der Waals surface area contributed by atoms with Crippen LogP contribution >= 0.6 is 0 Å². The van der Waals surface area contributed by atoms with E-state index < -0.39 is 0 Å². The van der Waals surface area contributed by atoms with E-state index in [0.29, 0.717) is 38.5 Å². The van der Waals surface area contributed by atoms with Crippen molar-refractivity contribution in [2.24, 2.45) is 11.8 Å². The molecule has 0 bridgehead atoms. The smallest absolute Gasteiger partial charge is 0.269 e. The Balaban J connectivity index is 1.53. The van der Waals surface area contributed by atoms with Crippen LogP contribution < -0.4 is 10.2 Å². The molecule has 3 heterocycles. The summed E-state index contributed by atoms with van der Waals surface area (Å²) >= 11 is 0. The van der Waals surface area contributed by atoms with E-state index in [2.05, 4.69) is 29.0 Å². The number of likely N-dealkylation sites (tertiary alicyclic amines) is 1. The van der Waals surface area contributed by atoms with E-state index >= 15 is 0 Å². The van der Waals surface area contributed by atoms with Crippen LogP contribution in [0.3, 0.4) is 0 Å². The predicted octanol–water partition coefficient (Wildman–Crippen LogP) is 2.04. The summed E-state index contributed by atoms with van der Waals surface area (Å²) in [5, 5.41) is 14.4. The molecule has 2 atom stereocenters. The first-order valence-corrected chi connectivity index (χ1v) is 12.1. The van der Waals surface area contributed by atoms with Crippen molar-refractivity contribution < 1.29 is 14.5 Å². The van der Waals surface area contributed by atoms with E-state index in [1.54, 1.807) is 12.1 Å². The molecule has 0 aromatic heterocycles. The van der Waals surface area contributed by atoms with Crippen molar-refractivity contribution >= 4 is 23.2 Å². The van der Waals surface area contributed by atoms with E-state index in [9.17, 15) is 19.7 Å². The van der Waals surface area contributed by atoms with Crippen LogP contribution in [0.4, 0.5) is 11.4 Å². The Morgan fingerprint density at radius 1 is 1.18 bits per heavy atom. The Morgan fingerprint density at radius 3 is 2.64 bits per heavy atom. The molecule has 2 amide bonds. The Hall–Kier alpha value is -2.68. The summed E-state index contributed by atoms with van der Waals surface area (Å²) in [5.74, 6) is 0.357. The molecule has 0 saturated carbocycles. The van der Waals surface area contributed by atoms with Gasteiger partial charge < -0.3 is 15.1 Å². The number of rotatable bonds is 7. The number of nitrogens with zero attached hydrogens (tertiary/aromatic N) is 4. The molecule has 180 valence electrons. The van der Waals surface area contributed by atoms with Crippen LogP contribution in [-0.4, -0.2) is 78.4 Å². The molecule has 4 rings (SSSR count). The summed E-state index contributed by atoms with van der Waals surface area (Å²) in [6.45, 7) is 9.01. The molecule has 1 aromatic carbocycles. The van der Waals surface area contributed by atoms with Gasteiger partial charge in [0.05, 0.1) is 23.4 Å².